The topological polar surface area (TPSA) is 70.7 Å². The fraction of sp³-hybridized carbons (Fsp3) is 0.600. The number of benzene rings is 1. The molecule has 6 nitrogen and oxygen atoms in total. The Morgan fingerprint density at radius 3 is 2.62 bits per heavy atom. The van der Waals surface area contributed by atoms with Crippen molar-refractivity contribution in [1.29, 1.82) is 0 Å². The minimum Gasteiger partial charge on any atom is -0.492 e. The van der Waals surface area contributed by atoms with E-state index in [0.29, 0.717) is 13.2 Å². The molecule has 2 N–H and O–H groups in total. The average Bonchev–Trinajstić information content (AvgIpc) is 2.63. The summed E-state index contributed by atoms with van der Waals surface area (Å²) in [4.78, 5) is 26.1. The van der Waals surface area contributed by atoms with Crippen LogP contribution in [0.5, 0.6) is 5.75 Å². The lowest BCUT2D eigenvalue weighted by molar-refractivity contribution is -0.124. The Kier molecular flexibility index (Phi) is 7.91. The van der Waals surface area contributed by atoms with Gasteiger partial charge in [0.15, 0.2) is 0 Å². The molecule has 0 radical (unpaired) electrons. The number of urea groups is 1. The second-order valence-electron chi connectivity index (χ2n) is 7.07. The third-order valence-electron chi connectivity index (χ3n) is 5.01. The fourth-order valence-electron chi connectivity index (χ4n) is 3.10. The first-order valence-corrected chi connectivity index (χ1v) is 9.47. The monoisotopic (exact) mass is 361 g/mol. The Bertz CT molecular complexity index is 600. The number of hydrogen-bond acceptors (Lipinski definition) is 4. The number of aryl methyl sites for hydroxylation is 1. The van der Waals surface area contributed by atoms with Gasteiger partial charge in [0, 0.05) is 12.6 Å². The third kappa shape index (κ3) is 6.33. The molecule has 3 amide bonds. The van der Waals surface area contributed by atoms with E-state index in [0.717, 1.165) is 37.0 Å². The van der Waals surface area contributed by atoms with Crippen molar-refractivity contribution in [2.45, 2.75) is 58.0 Å². The van der Waals surface area contributed by atoms with Crippen molar-refractivity contribution in [1.82, 2.24) is 15.5 Å². The van der Waals surface area contributed by atoms with Crippen LogP contribution >= 0.6 is 0 Å². The lowest BCUT2D eigenvalue weighted by Gasteiger charge is -2.25. The van der Waals surface area contributed by atoms with Crippen LogP contribution in [0, 0.1) is 6.92 Å². The first-order chi connectivity index (χ1) is 12.5. The van der Waals surface area contributed by atoms with Gasteiger partial charge in [0.05, 0.1) is 6.04 Å². The van der Waals surface area contributed by atoms with E-state index in [4.69, 9.17) is 4.74 Å². The Morgan fingerprint density at radius 2 is 1.92 bits per heavy atom. The molecule has 1 fully saturated rings. The molecule has 1 aliphatic carbocycles. The smallest absolute Gasteiger partial charge is 0.321 e. The van der Waals surface area contributed by atoms with E-state index in [-0.39, 0.29) is 11.9 Å². The summed E-state index contributed by atoms with van der Waals surface area (Å²) in [7, 11) is 1.85. The molecule has 1 atom stereocenters. The number of nitrogens with zero attached hydrogens (tertiary/aromatic N) is 1. The van der Waals surface area contributed by atoms with Gasteiger partial charge in [-0.3, -0.25) is 15.0 Å². The summed E-state index contributed by atoms with van der Waals surface area (Å²) in [5.41, 5.74) is 1.08. The lowest BCUT2D eigenvalue weighted by Crippen LogP contribution is -2.51. The van der Waals surface area contributed by atoms with E-state index in [2.05, 4.69) is 10.6 Å². The van der Waals surface area contributed by atoms with Crippen LogP contribution in [0.1, 0.15) is 44.6 Å². The molecule has 1 aromatic rings. The van der Waals surface area contributed by atoms with Crippen molar-refractivity contribution >= 4 is 11.9 Å². The van der Waals surface area contributed by atoms with Gasteiger partial charge in [0.2, 0.25) is 5.91 Å². The molecule has 1 aromatic carbocycles. The molecular weight excluding hydrogens is 330 g/mol. The predicted molar refractivity (Wildman–Crippen MR) is 102 cm³/mol. The molecule has 0 heterocycles. The summed E-state index contributed by atoms with van der Waals surface area (Å²) in [6, 6.07) is 7.23. The highest BCUT2D eigenvalue weighted by Gasteiger charge is 2.22. The normalized spacial score (nSPS) is 16.2. The number of para-hydroxylation sites is 1. The Balaban J connectivity index is 1.70. The SMILES string of the molecule is Cc1ccccc1OCCN(C)C(C)C(=O)NC(=O)NC1CCCCC1. The molecule has 1 unspecified atom stereocenters. The molecule has 26 heavy (non-hydrogen) atoms. The maximum atomic E-state index is 12.3. The van der Waals surface area contributed by atoms with Gasteiger partial charge in [-0.05, 0) is 45.4 Å². The van der Waals surface area contributed by atoms with Crippen molar-refractivity contribution in [2.75, 3.05) is 20.2 Å². The van der Waals surface area contributed by atoms with Crippen LogP contribution in [0.15, 0.2) is 24.3 Å². The van der Waals surface area contributed by atoms with Crippen LogP contribution in [0.25, 0.3) is 0 Å². The minimum absolute atomic E-state index is 0.187. The van der Waals surface area contributed by atoms with E-state index in [9.17, 15) is 9.59 Å². The third-order valence-corrected chi connectivity index (χ3v) is 5.01. The summed E-state index contributed by atoms with van der Waals surface area (Å²) in [5, 5.41) is 5.35. The minimum atomic E-state index is -0.410. The average molecular weight is 361 g/mol. The Hall–Kier alpha value is -2.08. The summed E-state index contributed by atoms with van der Waals surface area (Å²) in [5.74, 6) is 0.557. The molecule has 2 rings (SSSR count). The Labute approximate surface area is 156 Å². The molecular formula is C20H31N3O3. The largest absolute Gasteiger partial charge is 0.492 e. The zero-order chi connectivity index (χ0) is 18.9. The fourth-order valence-corrected chi connectivity index (χ4v) is 3.10. The van der Waals surface area contributed by atoms with E-state index in [1.807, 2.05) is 43.1 Å². The van der Waals surface area contributed by atoms with Gasteiger partial charge in [-0.1, -0.05) is 37.5 Å². The number of imide groups is 1. The second kappa shape index (κ2) is 10.2. The van der Waals surface area contributed by atoms with Crippen LogP contribution in [-0.4, -0.2) is 49.1 Å². The maximum absolute atomic E-state index is 12.3. The first kappa shape index (κ1) is 20.2. The molecule has 1 saturated carbocycles. The Morgan fingerprint density at radius 1 is 1.23 bits per heavy atom. The molecule has 6 heteroatoms. The molecule has 0 aromatic heterocycles. The number of rotatable bonds is 7. The highest BCUT2D eigenvalue weighted by atomic mass is 16.5. The molecule has 0 bridgehead atoms. The summed E-state index contributed by atoms with van der Waals surface area (Å²) in [6.45, 7) is 4.86. The number of hydrogen-bond donors (Lipinski definition) is 2. The van der Waals surface area contributed by atoms with E-state index in [1.54, 1.807) is 6.92 Å². The highest BCUT2D eigenvalue weighted by molar-refractivity contribution is 5.96. The number of ether oxygens (including phenoxy) is 1. The zero-order valence-electron chi connectivity index (χ0n) is 16.1. The van der Waals surface area contributed by atoms with Gasteiger partial charge in [-0.25, -0.2) is 4.79 Å². The predicted octanol–water partition coefficient (Wildman–Crippen LogP) is 2.85. The second-order valence-corrected chi connectivity index (χ2v) is 7.07. The van der Waals surface area contributed by atoms with Gasteiger partial charge < -0.3 is 10.1 Å². The molecule has 144 valence electrons. The van der Waals surface area contributed by atoms with Crippen LogP contribution in [-0.2, 0) is 4.79 Å². The lowest BCUT2D eigenvalue weighted by atomic mass is 9.96. The number of carbonyl (C=O) groups excluding carboxylic acids is 2. The number of likely N-dealkylation sites (N-methyl/N-ethyl adjacent to an activating group) is 1. The first-order valence-electron chi connectivity index (χ1n) is 9.47. The summed E-state index contributed by atoms with van der Waals surface area (Å²) in [6.07, 6.45) is 5.49. The van der Waals surface area contributed by atoms with Gasteiger partial charge in [-0.2, -0.15) is 0 Å². The quantitative estimate of drug-likeness (QED) is 0.783. The van der Waals surface area contributed by atoms with Crippen LogP contribution < -0.4 is 15.4 Å². The summed E-state index contributed by atoms with van der Waals surface area (Å²) < 4.78 is 5.77. The highest BCUT2D eigenvalue weighted by Crippen LogP contribution is 2.17. The zero-order valence-corrected chi connectivity index (χ0v) is 16.1. The van der Waals surface area contributed by atoms with E-state index < -0.39 is 12.1 Å². The van der Waals surface area contributed by atoms with Crippen LogP contribution in [0.3, 0.4) is 0 Å². The number of amides is 3. The summed E-state index contributed by atoms with van der Waals surface area (Å²) >= 11 is 0. The molecule has 0 spiro atoms. The number of carbonyl (C=O) groups is 2. The van der Waals surface area contributed by atoms with Crippen molar-refractivity contribution in [3.05, 3.63) is 29.8 Å². The van der Waals surface area contributed by atoms with Crippen molar-refractivity contribution in [3.8, 4) is 5.75 Å². The van der Waals surface area contributed by atoms with E-state index >= 15 is 0 Å². The van der Waals surface area contributed by atoms with Gasteiger partial charge in [0.1, 0.15) is 12.4 Å². The maximum Gasteiger partial charge on any atom is 0.321 e. The molecule has 0 aliphatic heterocycles. The van der Waals surface area contributed by atoms with E-state index in [1.165, 1.54) is 6.42 Å². The van der Waals surface area contributed by atoms with Crippen molar-refractivity contribution in [2.24, 2.45) is 0 Å². The van der Waals surface area contributed by atoms with Gasteiger partial charge in [0.25, 0.3) is 0 Å². The number of nitrogens with one attached hydrogen (secondary N) is 2. The van der Waals surface area contributed by atoms with Gasteiger partial charge in [-0.15, -0.1) is 0 Å². The van der Waals surface area contributed by atoms with Crippen LogP contribution in [0.2, 0.25) is 0 Å². The van der Waals surface area contributed by atoms with Crippen molar-refractivity contribution < 1.29 is 14.3 Å². The standard InChI is InChI=1S/C20H31N3O3/c1-15-9-7-8-12-18(15)26-14-13-23(3)16(2)19(24)22-20(25)21-17-10-5-4-6-11-17/h7-9,12,16-17H,4-6,10-11,13-14H2,1-3H3,(H2,21,22,24,25). The van der Waals surface area contributed by atoms with Crippen LogP contribution in [0.4, 0.5) is 4.79 Å². The molecule has 1 aliphatic rings. The van der Waals surface area contributed by atoms with Crippen molar-refractivity contribution in [3.63, 3.8) is 0 Å². The van der Waals surface area contributed by atoms with Gasteiger partial charge >= 0.3 is 6.03 Å². The molecule has 0 saturated heterocycles.